The van der Waals surface area contributed by atoms with Gasteiger partial charge in [-0.25, -0.2) is 0 Å². The largest absolute Gasteiger partial charge is 0.393 e. The third kappa shape index (κ3) is 9.49. The molecule has 0 aromatic carbocycles. The Bertz CT molecular complexity index is 245. The van der Waals surface area contributed by atoms with Crippen LogP contribution in [-0.4, -0.2) is 34.5 Å². The lowest BCUT2D eigenvalue weighted by atomic mass is 9.93. The number of hydrogen-bond acceptors (Lipinski definition) is 3. The van der Waals surface area contributed by atoms with Gasteiger partial charge in [-0.05, 0) is 39.5 Å². The maximum Gasteiger partial charge on any atom is 0.0691 e. The van der Waals surface area contributed by atoms with Crippen LogP contribution in [0.15, 0.2) is 0 Å². The lowest BCUT2D eigenvalue weighted by Crippen LogP contribution is -2.48. The molecule has 1 saturated heterocycles. The van der Waals surface area contributed by atoms with Crippen LogP contribution in [0.25, 0.3) is 0 Å². The number of aliphatic hydroxyl groups excluding tert-OH is 2. The highest BCUT2D eigenvalue weighted by Crippen LogP contribution is 2.18. The fourth-order valence-electron chi connectivity index (χ4n) is 3.31. The molecule has 3 N–H and O–H groups in total. The first-order valence-electron chi connectivity index (χ1n) is 9.21. The van der Waals surface area contributed by atoms with Crippen molar-refractivity contribution in [3.63, 3.8) is 0 Å². The smallest absolute Gasteiger partial charge is 0.0691 e. The number of unbranched alkanes of at least 4 members (excludes halogenated alkanes) is 7. The highest BCUT2D eigenvalue weighted by atomic mass is 16.3. The average Bonchev–Trinajstić information content (AvgIpc) is 2.44. The molecule has 0 aromatic rings. The summed E-state index contributed by atoms with van der Waals surface area (Å²) in [4.78, 5) is 0. The highest BCUT2D eigenvalue weighted by Gasteiger charge is 2.24. The summed E-state index contributed by atoms with van der Waals surface area (Å²) in [5.41, 5.74) is 0. The predicted octanol–water partition coefficient (Wildman–Crippen LogP) is 3.77. The fraction of sp³-hybridized carbons (Fsp3) is 1.00. The van der Waals surface area contributed by atoms with E-state index in [1.54, 1.807) is 0 Å². The van der Waals surface area contributed by atoms with Gasteiger partial charge in [0.25, 0.3) is 0 Å². The van der Waals surface area contributed by atoms with Crippen LogP contribution in [0.4, 0.5) is 0 Å². The maximum atomic E-state index is 9.68. The lowest BCUT2D eigenvalue weighted by Gasteiger charge is -2.32. The first kappa shape index (κ1) is 18.9. The van der Waals surface area contributed by atoms with Crippen LogP contribution < -0.4 is 5.32 Å². The van der Waals surface area contributed by atoms with E-state index in [0.717, 1.165) is 19.3 Å². The van der Waals surface area contributed by atoms with Gasteiger partial charge in [0.05, 0.1) is 12.2 Å². The van der Waals surface area contributed by atoms with Crippen molar-refractivity contribution in [2.45, 2.75) is 115 Å². The zero-order chi connectivity index (χ0) is 15.5. The summed E-state index contributed by atoms with van der Waals surface area (Å²) in [6.45, 7) is 3.97. The summed E-state index contributed by atoms with van der Waals surface area (Å²) in [5, 5.41) is 22.4. The molecule has 0 spiro atoms. The summed E-state index contributed by atoms with van der Waals surface area (Å²) in [5.74, 6) is 0. The van der Waals surface area contributed by atoms with Gasteiger partial charge in [0, 0.05) is 12.1 Å². The van der Waals surface area contributed by atoms with Crippen molar-refractivity contribution in [1.29, 1.82) is 0 Å². The molecule has 1 aliphatic rings. The Morgan fingerprint density at radius 1 is 0.952 bits per heavy atom. The second-order valence-electron chi connectivity index (χ2n) is 7.05. The van der Waals surface area contributed by atoms with Crippen molar-refractivity contribution >= 4 is 0 Å². The van der Waals surface area contributed by atoms with Gasteiger partial charge in [0.2, 0.25) is 0 Å². The van der Waals surface area contributed by atoms with Crippen molar-refractivity contribution in [2.24, 2.45) is 0 Å². The third-order valence-electron chi connectivity index (χ3n) is 4.81. The molecule has 1 fully saturated rings. The van der Waals surface area contributed by atoms with Crippen LogP contribution in [0.1, 0.15) is 90.9 Å². The minimum atomic E-state index is -0.143. The molecule has 0 aliphatic carbocycles. The molecule has 3 nitrogen and oxygen atoms in total. The Labute approximate surface area is 131 Å². The molecule has 4 atom stereocenters. The summed E-state index contributed by atoms with van der Waals surface area (Å²) >= 11 is 0. The molecular weight excluding hydrogens is 262 g/mol. The third-order valence-corrected chi connectivity index (χ3v) is 4.81. The molecule has 0 bridgehead atoms. The molecule has 1 aliphatic heterocycles. The van der Waals surface area contributed by atoms with Crippen LogP contribution in [0.2, 0.25) is 0 Å². The van der Waals surface area contributed by atoms with Gasteiger partial charge in [0.15, 0.2) is 0 Å². The molecule has 3 heteroatoms. The monoisotopic (exact) mass is 299 g/mol. The summed E-state index contributed by atoms with van der Waals surface area (Å²) in [7, 11) is 0. The van der Waals surface area contributed by atoms with Gasteiger partial charge in [-0.2, -0.15) is 0 Å². The van der Waals surface area contributed by atoms with Gasteiger partial charge in [-0.1, -0.05) is 51.4 Å². The SMILES string of the molecule is C[C@H](O)CCCCCCCCCC[C@H]1CC[C@@H](O)[C@H](C)N1. The normalized spacial score (nSPS) is 27.7. The topological polar surface area (TPSA) is 52.5 Å². The Balaban J connectivity index is 1.82. The Morgan fingerprint density at radius 2 is 1.52 bits per heavy atom. The minimum absolute atomic E-state index is 0.123. The van der Waals surface area contributed by atoms with Gasteiger partial charge in [-0.15, -0.1) is 0 Å². The van der Waals surface area contributed by atoms with Crippen LogP contribution in [0.3, 0.4) is 0 Å². The number of hydrogen-bond donors (Lipinski definition) is 3. The van der Waals surface area contributed by atoms with Crippen LogP contribution in [0, 0.1) is 0 Å². The van der Waals surface area contributed by atoms with E-state index in [-0.39, 0.29) is 18.2 Å². The molecule has 1 heterocycles. The van der Waals surface area contributed by atoms with Crippen molar-refractivity contribution in [2.75, 3.05) is 0 Å². The van der Waals surface area contributed by atoms with Gasteiger partial charge < -0.3 is 15.5 Å². The quantitative estimate of drug-likeness (QED) is 0.509. The second kappa shape index (κ2) is 11.4. The molecule has 1 rings (SSSR count). The Kier molecular flexibility index (Phi) is 10.3. The number of nitrogens with one attached hydrogen (secondary N) is 1. The first-order valence-corrected chi connectivity index (χ1v) is 9.21. The highest BCUT2D eigenvalue weighted by molar-refractivity contribution is 4.83. The summed E-state index contributed by atoms with van der Waals surface area (Å²) in [6.07, 6.45) is 14.6. The van der Waals surface area contributed by atoms with Gasteiger partial charge >= 0.3 is 0 Å². The van der Waals surface area contributed by atoms with Crippen molar-refractivity contribution in [3.05, 3.63) is 0 Å². The standard InChI is InChI=1S/C18H37NO2/c1-15(20)11-9-7-5-3-4-6-8-10-12-17-13-14-18(21)16(2)19-17/h15-21H,3-14H2,1-2H3/t15-,16-,17-,18+/m0/s1. The fourth-order valence-corrected chi connectivity index (χ4v) is 3.31. The number of piperidine rings is 1. The Morgan fingerprint density at radius 3 is 2.10 bits per heavy atom. The number of rotatable bonds is 11. The van der Waals surface area contributed by atoms with E-state index >= 15 is 0 Å². The van der Waals surface area contributed by atoms with E-state index in [9.17, 15) is 10.2 Å². The summed E-state index contributed by atoms with van der Waals surface area (Å²) in [6, 6.07) is 0.897. The first-order chi connectivity index (χ1) is 10.1. The van der Waals surface area contributed by atoms with Crippen molar-refractivity contribution in [3.8, 4) is 0 Å². The maximum absolute atomic E-state index is 9.68. The van der Waals surface area contributed by atoms with Crippen LogP contribution in [-0.2, 0) is 0 Å². The zero-order valence-electron chi connectivity index (χ0n) is 14.2. The molecule has 126 valence electrons. The van der Waals surface area contributed by atoms with E-state index in [0.29, 0.717) is 6.04 Å². The predicted molar refractivity (Wildman–Crippen MR) is 89.5 cm³/mol. The zero-order valence-corrected chi connectivity index (χ0v) is 14.2. The van der Waals surface area contributed by atoms with Gasteiger partial charge in [0.1, 0.15) is 0 Å². The van der Waals surface area contributed by atoms with E-state index in [1.807, 2.05) is 6.92 Å². The second-order valence-corrected chi connectivity index (χ2v) is 7.05. The van der Waals surface area contributed by atoms with E-state index in [2.05, 4.69) is 12.2 Å². The molecule has 0 radical (unpaired) electrons. The van der Waals surface area contributed by atoms with Crippen LogP contribution in [0.5, 0.6) is 0 Å². The molecular formula is C18H37NO2. The van der Waals surface area contributed by atoms with E-state index in [4.69, 9.17) is 0 Å². The van der Waals surface area contributed by atoms with Crippen LogP contribution >= 0.6 is 0 Å². The minimum Gasteiger partial charge on any atom is -0.393 e. The van der Waals surface area contributed by atoms with E-state index < -0.39 is 0 Å². The van der Waals surface area contributed by atoms with Gasteiger partial charge in [-0.3, -0.25) is 0 Å². The molecule has 0 amide bonds. The Hall–Kier alpha value is -0.120. The number of aliphatic hydroxyl groups is 2. The molecule has 0 saturated carbocycles. The average molecular weight is 299 g/mol. The lowest BCUT2D eigenvalue weighted by molar-refractivity contribution is 0.0849. The summed E-state index contributed by atoms with van der Waals surface area (Å²) < 4.78 is 0. The van der Waals surface area contributed by atoms with Crippen molar-refractivity contribution in [1.82, 2.24) is 5.32 Å². The van der Waals surface area contributed by atoms with Crippen molar-refractivity contribution < 1.29 is 10.2 Å². The molecule has 0 aromatic heterocycles. The molecule has 0 unspecified atom stereocenters. The molecule has 21 heavy (non-hydrogen) atoms. The van der Waals surface area contributed by atoms with E-state index in [1.165, 1.54) is 57.8 Å².